The second-order valence-corrected chi connectivity index (χ2v) is 6.86. The van der Waals surface area contributed by atoms with Gasteiger partial charge >= 0.3 is 6.03 Å². The molecule has 1 heterocycles. The molecule has 1 aromatic heterocycles. The van der Waals surface area contributed by atoms with Gasteiger partial charge in [0.1, 0.15) is 5.01 Å². The first kappa shape index (κ1) is 16.8. The number of nitrogens with zero attached hydrogens (tertiary/aromatic N) is 2. The Morgan fingerprint density at radius 2 is 1.85 bits per heavy atom. The lowest BCUT2D eigenvalue weighted by Crippen LogP contribution is -2.52. The van der Waals surface area contributed by atoms with Crippen molar-refractivity contribution in [1.82, 2.24) is 15.5 Å². The van der Waals surface area contributed by atoms with Crippen molar-refractivity contribution >= 4 is 22.5 Å². The molecule has 0 atom stereocenters. The highest BCUT2D eigenvalue weighted by molar-refractivity contribution is 7.15. The van der Waals surface area contributed by atoms with Gasteiger partial charge in [0.25, 0.3) is 0 Å². The average molecular weight is 300 g/mol. The number of anilines is 1. The van der Waals surface area contributed by atoms with Crippen LogP contribution >= 0.6 is 11.3 Å². The van der Waals surface area contributed by atoms with Crippen LogP contribution in [0, 0.1) is 0 Å². The van der Waals surface area contributed by atoms with Crippen molar-refractivity contribution in [2.45, 2.75) is 58.4 Å². The molecule has 0 saturated heterocycles. The van der Waals surface area contributed by atoms with Crippen LogP contribution in [0.1, 0.15) is 52.5 Å². The molecule has 0 unspecified atom stereocenters. The lowest BCUT2D eigenvalue weighted by molar-refractivity contribution is 0.155. The van der Waals surface area contributed by atoms with Gasteiger partial charge in [-0.3, -0.25) is 5.32 Å². The van der Waals surface area contributed by atoms with Gasteiger partial charge in [-0.2, -0.15) is 0 Å². The third-order valence-electron chi connectivity index (χ3n) is 3.32. The van der Waals surface area contributed by atoms with E-state index in [1.807, 2.05) is 34.6 Å². The van der Waals surface area contributed by atoms with Gasteiger partial charge in [0, 0.05) is 5.41 Å². The topological polar surface area (TPSA) is 87.1 Å². The standard InChI is InChI=1S/C13H24N4O2S/c1-6-13(7-2,8-18)15-10(19)14-11-17-16-9(20-11)12(3,4)5/h18H,6-8H2,1-5H3,(H2,14,15,17,19). The first-order valence-electron chi connectivity index (χ1n) is 6.80. The van der Waals surface area contributed by atoms with Gasteiger partial charge in [0.15, 0.2) is 0 Å². The molecule has 7 heteroatoms. The van der Waals surface area contributed by atoms with Gasteiger partial charge in [0.05, 0.1) is 12.1 Å². The lowest BCUT2D eigenvalue weighted by atomic mass is 9.94. The lowest BCUT2D eigenvalue weighted by Gasteiger charge is -2.30. The number of nitrogens with one attached hydrogen (secondary N) is 2. The second kappa shape index (κ2) is 6.49. The summed E-state index contributed by atoms with van der Waals surface area (Å²) in [6.45, 7) is 9.91. The predicted octanol–water partition coefficient (Wildman–Crippen LogP) is 2.51. The molecule has 0 aliphatic rings. The Labute approximate surface area is 124 Å². The maximum absolute atomic E-state index is 12.0. The van der Waals surface area contributed by atoms with Crippen LogP contribution in [0.25, 0.3) is 0 Å². The van der Waals surface area contributed by atoms with E-state index in [0.717, 1.165) is 5.01 Å². The zero-order valence-corrected chi connectivity index (χ0v) is 13.6. The van der Waals surface area contributed by atoms with Gasteiger partial charge in [0.2, 0.25) is 5.13 Å². The van der Waals surface area contributed by atoms with Crippen molar-refractivity contribution in [1.29, 1.82) is 0 Å². The number of urea groups is 1. The van der Waals surface area contributed by atoms with Crippen molar-refractivity contribution < 1.29 is 9.90 Å². The molecule has 2 amide bonds. The molecule has 20 heavy (non-hydrogen) atoms. The summed E-state index contributed by atoms with van der Waals surface area (Å²) in [6.07, 6.45) is 1.33. The smallest absolute Gasteiger partial charge is 0.321 e. The number of aliphatic hydroxyl groups excluding tert-OH is 1. The normalized spacial score (nSPS) is 12.3. The zero-order chi connectivity index (χ0) is 15.4. The van der Waals surface area contributed by atoms with Crippen LogP contribution in [0.15, 0.2) is 0 Å². The molecule has 0 radical (unpaired) electrons. The van der Waals surface area contributed by atoms with Crippen LogP contribution in [0.5, 0.6) is 0 Å². The Hall–Kier alpha value is -1.21. The number of hydrogen-bond donors (Lipinski definition) is 3. The molecule has 114 valence electrons. The van der Waals surface area contributed by atoms with E-state index in [1.165, 1.54) is 11.3 Å². The highest BCUT2D eigenvalue weighted by atomic mass is 32.1. The van der Waals surface area contributed by atoms with E-state index in [9.17, 15) is 9.90 Å². The van der Waals surface area contributed by atoms with Crippen LogP contribution in [0.2, 0.25) is 0 Å². The summed E-state index contributed by atoms with van der Waals surface area (Å²) in [7, 11) is 0. The summed E-state index contributed by atoms with van der Waals surface area (Å²) in [6, 6.07) is -0.362. The number of amides is 2. The van der Waals surface area contributed by atoms with Crippen molar-refractivity contribution in [2.24, 2.45) is 0 Å². The molecule has 1 rings (SSSR count). The van der Waals surface area contributed by atoms with Crippen LogP contribution in [-0.2, 0) is 5.41 Å². The quantitative estimate of drug-likeness (QED) is 0.779. The molecular weight excluding hydrogens is 276 g/mol. The highest BCUT2D eigenvalue weighted by Gasteiger charge is 2.28. The number of aromatic nitrogens is 2. The summed E-state index contributed by atoms with van der Waals surface area (Å²) < 4.78 is 0. The third kappa shape index (κ3) is 4.14. The molecule has 6 nitrogen and oxygen atoms in total. The fourth-order valence-electron chi connectivity index (χ4n) is 1.64. The van der Waals surface area contributed by atoms with Crippen LogP contribution in [-0.4, -0.2) is 33.5 Å². The second-order valence-electron chi connectivity index (χ2n) is 5.89. The van der Waals surface area contributed by atoms with Crippen LogP contribution < -0.4 is 10.6 Å². The van der Waals surface area contributed by atoms with Gasteiger partial charge in [-0.15, -0.1) is 10.2 Å². The molecule has 3 N–H and O–H groups in total. The minimum Gasteiger partial charge on any atom is -0.394 e. The van der Waals surface area contributed by atoms with E-state index < -0.39 is 5.54 Å². The Bertz CT molecular complexity index is 441. The molecule has 0 aliphatic heterocycles. The molecule has 0 aliphatic carbocycles. The monoisotopic (exact) mass is 300 g/mol. The van der Waals surface area contributed by atoms with E-state index in [-0.39, 0.29) is 18.1 Å². The minimum atomic E-state index is -0.582. The predicted molar refractivity (Wildman–Crippen MR) is 81.2 cm³/mol. The largest absolute Gasteiger partial charge is 0.394 e. The highest BCUT2D eigenvalue weighted by Crippen LogP contribution is 2.27. The number of rotatable bonds is 5. The number of hydrogen-bond acceptors (Lipinski definition) is 5. The Morgan fingerprint density at radius 1 is 1.25 bits per heavy atom. The van der Waals surface area contributed by atoms with Crippen molar-refractivity contribution in [3.8, 4) is 0 Å². The molecule has 0 aromatic carbocycles. The fraction of sp³-hybridized carbons (Fsp3) is 0.769. The summed E-state index contributed by atoms with van der Waals surface area (Å²) in [5, 5.41) is 24.3. The molecule has 0 spiro atoms. The SMILES string of the molecule is CCC(CC)(CO)NC(=O)Nc1nnc(C(C)(C)C)s1. The summed E-state index contributed by atoms with van der Waals surface area (Å²) in [5.74, 6) is 0. The summed E-state index contributed by atoms with van der Waals surface area (Å²) in [5.41, 5.74) is -0.669. The number of aliphatic hydroxyl groups is 1. The van der Waals surface area contributed by atoms with Crippen molar-refractivity contribution in [3.63, 3.8) is 0 Å². The first-order chi connectivity index (χ1) is 9.26. The van der Waals surface area contributed by atoms with E-state index in [4.69, 9.17) is 0 Å². The summed E-state index contributed by atoms with van der Waals surface area (Å²) >= 11 is 1.36. The maximum atomic E-state index is 12.0. The van der Waals surface area contributed by atoms with E-state index >= 15 is 0 Å². The minimum absolute atomic E-state index is 0.0865. The van der Waals surface area contributed by atoms with Gasteiger partial charge < -0.3 is 10.4 Å². The fourth-order valence-corrected chi connectivity index (χ4v) is 2.43. The summed E-state index contributed by atoms with van der Waals surface area (Å²) in [4.78, 5) is 12.0. The van der Waals surface area contributed by atoms with Crippen LogP contribution in [0.4, 0.5) is 9.93 Å². The van der Waals surface area contributed by atoms with E-state index in [2.05, 4.69) is 20.8 Å². The molecule has 0 fully saturated rings. The Balaban J connectivity index is 2.69. The maximum Gasteiger partial charge on any atom is 0.321 e. The molecule has 0 bridgehead atoms. The number of carbonyl (C=O) groups is 1. The first-order valence-corrected chi connectivity index (χ1v) is 7.62. The Kier molecular flexibility index (Phi) is 5.47. The molecule has 0 saturated carbocycles. The molecular formula is C13H24N4O2S. The van der Waals surface area contributed by atoms with Crippen molar-refractivity contribution in [3.05, 3.63) is 5.01 Å². The van der Waals surface area contributed by atoms with Gasteiger partial charge in [-0.25, -0.2) is 4.79 Å². The van der Waals surface area contributed by atoms with Gasteiger partial charge in [-0.1, -0.05) is 46.0 Å². The molecule has 1 aromatic rings. The number of carbonyl (C=O) groups excluding carboxylic acids is 1. The van der Waals surface area contributed by atoms with E-state index in [0.29, 0.717) is 18.0 Å². The van der Waals surface area contributed by atoms with Crippen LogP contribution in [0.3, 0.4) is 0 Å². The van der Waals surface area contributed by atoms with Crippen molar-refractivity contribution in [2.75, 3.05) is 11.9 Å². The van der Waals surface area contributed by atoms with E-state index in [1.54, 1.807) is 0 Å². The van der Waals surface area contributed by atoms with Gasteiger partial charge in [-0.05, 0) is 12.8 Å². The average Bonchev–Trinajstić information content (AvgIpc) is 2.84. The Morgan fingerprint density at radius 3 is 2.25 bits per heavy atom. The third-order valence-corrected chi connectivity index (χ3v) is 4.59. The zero-order valence-electron chi connectivity index (χ0n) is 12.8.